The highest BCUT2D eigenvalue weighted by Crippen LogP contribution is 2.19. The second-order valence-electron chi connectivity index (χ2n) is 6.75. The number of carbonyl (C=O) groups is 2. The summed E-state index contributed by atoms with van der Waals surface area (Å²) in [6.45, 7) is 2.46. The zero-order valence-corrected chi connectivity index (χ0v) is 13.9. The fraction of sp³-hybridized carbons (Fsp3) is 0.688. The Morgan fingerprint density at radius 2 is 2.13 bits per heavy atom. The van der Waals surface area contributed by atoms with E-state index in [4.69, 9.17) is 0 Å². The lowest BCUT2D eigenvalue weighted by Gasteiger charge is -2.28. The van der Waals surface area contributed by atoms with Crippen molar-refractivity contribution >= 4 is 11.8 Å². The summed E-state index contributed by atoms with van der Waals surface area (Å²) in [5.41, 5.74) is 1.99. The summed E-state index contributed by atoms with van der Waals surface area (Å²) in [5, 5.41) is 7.56. The molecule has 1 aromatic rings. The van der Waals surface area contributed by atoms with Gasteiger partial charge in [-0.1, -0.05) is 0 Å². The van der Waals surface area contributed by atoms with Gasteiger partial charge in [0.05, 0.1) is 31.0 Å². The van der Waals surface area contributed by atoms with E-state index in [1.807, 2.05) is 34.6 Å². The van der Waals surface area contributed by atoms with Gasteiger partial charge < -0.3 is 15.1 Å². The Bertz CT molecular complexity index is 591. The van der Waals surface area contributed by atoms with Gasteiger partial charge in [0.1, 0.15) is 0 Å². The van der Waals surface area contributed by atoms with Gasteiger partial charge in [0, 0.05) is 25.4 Å². The summed E-state index contributed by atoms with van der Waals surface area (Å²) in [6.07, 6.45) is 3.36. The van der Waals surface area contributed by atoms with Crippen LogP contribution in [0.4, 0.5) is 0 Å². The third-order valence-corrected chi connectivity index (χ3v) is 4.20. The molecule has 1 saturated carbocycles. The maximum absolute atomic E-state index is 12.2. The topological polar surface area (TPSA) is 70.5 Å². The first-order valence-electron chi connectivity index (χ1n) is 8.29. The van der Waals surface area contributed by atoms with E-state index in [0.29, 0.717) is 38.5 Å². The number of hydrogen-bond acceptors (Lipinski definition) is 4. The van der Waals surface area contributed by atoms with Gasteiger partial charge >= 0.3 is 0 Å². The highest BCUT2D eigenvalue weighted by molar-refractivity contribution is 5.78. The van der Waals surface area contributed by atoms with E-state index >= 15 is 0 Å². The molecule has 7 nitrogen and oxygen atoms in total. The number of likely N-dealkylation sites (N-methyl/N-ethyl adjacent to an activating group) is 1. The van der Waals surface area contributed by atoms with Crippen LogP contribution in [0.15, 0.2) is 6.07 Å². The van der Waals surface area contributed by atoms with Crippen molar-refractivity contribution in [3.63, 3.8) is 0 Å². The van der Waals surface area contributed by atoms with Crippen LogP contribution in [0.3, 0.4) is 0 Å². The summed E-state index contributed by atoms with van der Waals surface area (Å²) in [6, 6.07) is 2.44. The van der Waals surface area contributed by atoms with Gasteiger partial charge in [-0.3, -0.25) is 14.3 Å². The molecule has 1 aliphatic carbocycles. The van der Waals surface area contributed by atoms with Gasteiger partial charge in [0.2, 0.25) is 11.8 Å². The number of hydrogen-bond donors (Lipinski definition) is 1. The van der Waals surface area contributed by atoms with E-state index in [0.717, 1.165) is 30.8 Å². The third kappa shape index (κ3) is 4.31. The quantitative estimate of drug-likeness (QED) is 0.801. The second-order valence-corrected chi connectivity index (χ2v) is 6.75. The Kier molecular flexibility index (Phi) is 4.66. The molecule has 23 heavy (non-hydrogen) atoms. The van der Waals surface area contributed by atoms with Crippen LogP contribution >= 0.6 is 0 Å². The molecule has 2 amide bonds. The van der Waals surface area contributed by atoms with Crippen LogP contribution in [0.5, 0.6) is 0 Å². The SMILES string of the molecule is CN(C)CC(=O)N1CCn2nc(CCC(=O)NC3CC3)cc2C1. The first kappa shape index (κ1) is 16.0. The minimum absolute atomic E-state index is 0.112. The van der Waals surface area contributed by atoms with Gasteiger partial charge in [0.15, 0.2) is 0 Å². The summed E-state index contributed by atoms with van der Waals surface area (Å²) in [5.74, 6) is 0.258. The first-order chi connectivity index (χ1) is 11.0. The molecule has 0 aromatic carbocycles. The highest BCUT2D eigenvalue weighted by atomic mass is 16.2. The maximum Gasteiger partial charge on any atom is 0.237 e. The van der Waals surface area contributed by atoms with Gasteiger partial charge in [0.25, 0.3) is 0 Å². The monoisotopic (exact) mass is 319 g/mol. The largest absolute Gasteiger partial charge is 0.353 e. The van der Waals surface area contributed by atoms with E-state index < -0.39 is 0 Å². The molecule has 0 atom stereocenters. The highest BCUT2D eigenvalue weighted by Gasteiger charge is 2.24. The number of amides is 2. The second kappa shape index (κ2) is 6.70. The van der Waals surface area contributed by atoms with Gasteiger partial charge in [-0.25, -0.2) is 0 Å². The molecule has 0 saturated heterocycles. The van der Waals surface area contributed by atoms with Gasteiger partial charge in [-0.2, -0.15) is 5.10 Å². The summed E-state index contributed by atoms with van der Waals surface area (Å²) < 4.78 is 1.97. The molecule has 0 bridgehead atoms. The number of nitrogens with zero attached hydrogens (tertiary/aromatic N) is 4. The average molecular weight is 319 g/mol. The number of nitrogens with one attached hydrogen (secondary N) is 1. The van der Waals surface area contributed by atoms with Crippen LogP contribution in [0.1, 0.15) is 30.7 Å². The van der Waals surface area contributed by atoms with Crippen LogP contribution in [0.2, 0.25) is 0 Å². The summed E-state index contributed by atoms with van der Waals surface area (Å²) >= 11 is 0. The normalized spacial score (nSPS) is 17.3. The zero-order chi connectivity index (χ0) is 16.4. The Balaban J connectivity index is 1.53. The molecular weight excluding hydrogens is 294 g/mol. The van der Waals surface area contributed by atoms with Gasteiger partial charge in [-0.15, -0.1) is 0 Å². The molecule has 3 rings (SSSR count). The fourth-order valence-electron chi connectivity index (χ4n) is 2.80. The van der Waals surface area contributed by atoms with Crippen molar-refractivity contribution in [2.45, 2.75) is 44.8 Å². The van der Waals surface area contributed by atoms with E-state index in [-0.39, 0.29) is 11.8 Å². The standard InChI is InChI=1S/C16H25N5O2/c1-19(2)11-16(23)20-7-8-21-14(10-20)9-13(18-21)5-6-15(22)17-12-3-4-12/h9,12H,3-8,10-11H2,1-2H3,(H,17,22). The summed E-state index contributed by atoms with van der Waals surface area (Å²) in [7, 11) is 3.80. The minimum atomic E-state index is 0.112. The van der Waals surface area contributed by atoms with Crippen molar-refractivity contribution in [1.82, 2.24) is 24.9 Å². The molecule has 0 radical (unpaired) electrons. The Hall–Kier alpha value is -1.89. The minimum Gasteiger partial charge on any atom is -0.353 e. The predicted molar refractivity (Wildman–Crippen MR) is 85.7 cm³/mol. The third-order valence-electron chi connectivity index (χ3n) is 4.20. The van der Waals surface area contributed by atoms with E-state index in [9.17, 15) is 9.59 Å². The molecule has 2 heterocycles. The van der Waals surface area contributed by atoms with Crippen LogP contribution in [-0.4, -0.2) is 64.6 Å². The van der Waals surface area contributed by atoms with Crippen LogP contribution in [0, 0.1) is 0 Å². The Morgan fingerprint density at radius 3 is 2.83 bits per heavy atom. The Labute approximate surface area is 136 Å². The summed E-state index contributed by atoms with van der Waals surface area (Å²) in [4.78, 5) is 27.7. The predicted octanol–water partition coefficient (Wildman–Crippen LogP) is -0.00190. The van der Waals surface area contributed by atoms with Crippen molar-refractivity contribution < 1.29 is 9.59 Å². The molecule has 1 fully saturated rings. The number of aromatic nitrogens is 2. The zero-order valence-electron chi connectivity index (χ0n) is 13.9. The van der Waals surface area contributed by atoms with E-state index in [1.54, 1.807) is 0 Å². The molecular formula is C16H25N5O2. The smallest absolute Gasteiger partial charge is 0.237 e. The van der Waals surface area contributed by atoms with E-state index in [2.05, 4.69) is 10.4 Å². The molecule has 1 N–H and O–H groups in total. The number of carbonyl (C=O) groups excluding carboxylic acids is 2. The molecule has 1 aromatic heterocycles. The fourth-order valence-corrected chi connectivity index (χ4v) is 2.80. The van der Waals surface area contributed by atoms with Crippen LogP contribution in [-0.2, 0) is 29.1 Å². The van der Waals surface area contributed by atoms with Gasteiger partial charge in [-0.05, 0) is 33.0 Å². The molecule has 0 unspecified atom stereocenters. The molecule has 2 aliphatic rings. The average Bonchev–Trinajstić information content (AvgIpc) is 3.20. The Morgan fingerprint density at radius 1 is 1.35 bits per heavy atom. The lowest BCUT2D eigenvalue weighted by atomic mass is 10.2. The maximum atomic E-state index is 12.2. The van der Waals surface area contributed by atoms with Crippen molar-refractivity contribution in [3.05, 3.63) is 17.5 Å². The lowest BCUT2D eigenvalue weighted by Crippen LogP contribution is -2.42. The molecule has 0 spiro atoms. The lowest BCUT2D eigenvalue weighted by molar-refractivity contribution is -0.133. The molecule has 1 aliphatic heterocycles. The van der Waals surface area contributed by atoms with Crippen molar-refractivity contribution in [3.8, 4) is 0 Å². The number of fused-ring (bicyclic) bond motifs is 1. The molecule has 126 valence electrons. The number of aryl methyl sites for hydroxylation is 1. The first-order valence-corrected chi connectivity index (χ1v) is 8.29. The van der Waals surface area contributed by atoms with Crippen LogP contribution < -0.4 is 5.32 Å². The van der Waals surface area contributed by atoms with Crippen molar-refractivity contribution in [2.24, 2.45) is 0 Å². The molecule has 7 heteroatoms. The van der Waals surface area contributed by atoms with Crippen LogP contribution in [0.25, 0.3) is 0 Å². The number of rotatable bonds is 6. The van der Waals surface area contributed by atoms with Crippen molar-refractivity contribution in [1.29, 1.82) is 0 Å². The van der Waals surface area contributed by atoms with E-state index in [1.165, 1.54) is 0 Å². The van der Waals surface area contributed by atoms with Crippen molar-refractivity contribution in [2.75, 3.05) is 27.2 Å².